The van der Waals surface area contributed by atoms with Gasteiger partial charge in [0.2, 0.25) is 0 Å². The monoisotopic (exact) mass is 367 g/mol. The number of anilines is 1. The van der Waals surface area contributed by atoms with Gasteiger partial charge in [0, 0.05) is 10.2 Å². The number of esters is 1. The van der Waals surface area contributed by atoms with E-state index < -0.39 is 5.97 Å². The first-order valence-corrected chi connectivity index (χ1v) is 7.92. The van der Waals surface area contributed by atoms with Crippen LogP contribution in [0.4, 0.5) is 5.69 Å². The van der Waals surface area contributed by atoms with Gasteiger partial charge in [-0.15, -0.1) is 11.3 Å². The molecule has 2 aromatic rings. The third-order valence-corrected chi connectivity index (χ3v) is 4.54. The molecule has 4 nitrogen and oxygen atoms in total. The topological polar surface area (TPSA) is 55.4 Å². The summed E-state index contributed by atoms with van der Waals surface area (Å²) in [5.74, 6) is -0.839. The number of hydrogen-bond donors (Lipinski definition) is 1. The van der Waals surface area contributed by atoms with E-state index >= 15 is 0 Å². The predicted molar refractivity (Wildman–Crippen MR) is 86.8 cm³/mol. The van der Waals surface area contributed by atoms with Crippen molar-refractivity contribution in [3.8, 4) is 0 Å². The Labute approximate surface area is 135 Å². The molecular formula is C15H14BrNO3S. The highest BCUT2D eigenvalue weighted by molar-refractivity contribution is 9.10. The van der Waals surface area contributed by atoms with Crippen LogP contribution in [0.5, 0.6) is 0 Å². The van der Waals surface area contributed by atoms with E-state index in [0.29, 0.717) is 10.6 Å². The van der Waals surface area contributed by atoms with Crippen LogP contribution in [0.2, 0.25) is 0 Å². The number of hydrogen-bond acceptors (Lipinski definition) is 4. The highest BCUT2D eigenvalue weighted by Crippen LogP contribution is 2.24. The van der Waals surface area contributed by atoms with Crippen LogP contribution in [-0.2, 0) is 9.53 Å². The lowest BCUT2D eigenvalue weighted by Gasteiger charge is -2.11. The number of rotatable bonds is 4. The van der Waals surface area contributed by atoms with Crippen molar-refractivity contribution in [1.29, 1.82) is 0 Å². The maximum absolute atomic E-state index is 11.8. The smallest absolute Gasteiger partial charge is 0.348 e. The van der Waals surface area contributed by atoms with Crippen molar-refractivity contribution in [3.63, 3.8) is 0 Å². The molecule has 1 amide bonds. The van der Waals surface area contributed by atoms with Crippen molar-refractivity contribution in [3.05, 3.63) is 50.1 Å². The third kappa shape index (κ3) is 4.15. The minimum atomic E-state index is -0.483. The Morgan fingerprint density at radius 1 is 1.29 bits per heavy atom. The lowest BCUT2D eigenvalue weighted by molar-refractivity contribution is -0.119. The number of carbonyl (C=O) groups excluding carboxylic acids is 2. The maximum Gasteiger partial charge on any atom is 0.348 e. The molecule has 1 aromatic carbocycles. The van der Waals surface area contributed by atoms with Crippen LogP contribution in [0.3, 0.4) is 0 Å². The zero-order valence-electron chi connectivity index (χ0n) is 11.6. The molecule has 1 aromatic heterocycles. The quantitative estimate of drug-likeness (QED) is 0.833. The first kappa shape index (κ1) is 15.7. The molecule has 2 rings (SSSR count). The fourth-order valence-corrected chi connectivity index (χ4v) is 2.77. The highest BCUT2D eigenvalue weighted by atomic mass is 79.9. The second kappa shape index (κ2) is 6.87. The Bertz CT molecular complexity index is 668. The molecular weight excluding hydrogens is 354 g/mol. The van der Waals surface area contributed by atoms with E-state index in [1.807, 2.05) is 26.0 Å². The second-order valence-corrected chi connectivity index (χ2v) is 6.32. The molecule has 6 heteroatoms. The lowest BCUT2D eigenvalue weighted by atomic mass is 10.1. The second-order valence-electron chi connectivity index (χ2n) is 4.52. The van der Waals surface area contributed by atoms with Crippen molar-refractivity contribution in [2.75, 3.05) is 11.9 Å². The van der Waals surface area contributed by atoms with Gasteiger partial charge in [-0.05, 0) is 48.6 Å². The molecule has 0 bridgehead atoms. The molecule has 110 valence electrons. The average molecular weight is 368 g/mol. The van der Waals surface area contributed by atoms with Crippen LogP contribution in [0, 0.1) is 13.8 Å². The summed E-state index contributed by atoms with van der Waals surface area (Å²) in [7, 11) is 0. The van der Waals surface area contributed by atoms with Crippen LogP contribution in [0.1, 0.15) is 20.8 Å². The van der Waals surface area contributed by atoms with Gasteiger partial charge in [0.05, 0.1) is 0 Å². The normalized spacial score (nSPS) is 10.2. The fraction of sp³-hybridized carbons (Fsp3) is 0.200. The Morgan fingerprint density at radius 3 is 2.71 bits per heavy atom. The standard InChI is InChI=1S/C15H14BrNO3S/c1-9-7-12(10(2)6-11(9)16)17-14(18)8-20-15(19)13-4-3-5-21-13/h3-7H,8H2,1-2H3,(H,17,18). The summed E-state index contributed by atoms with van der Waals surface area (Å²) in [5.41, 5.74) is 2.67. The molecule has 21 heavy (non-hydrogen) atoms. The predicted octanol–water partition coefficient (Wildman–Crippen LogP) is 3.92. The molecule has 1 heterocycles. The number of thiophene rings is 1. The largest absolute Gasteiger partial charge is 0.451 e. The van der Waals surface area contributed by atoms with Crippen molar-refractivity contribution >= 4 is 44.8 Å². The molecule has 0 aliphatic carbocycles. The van der Waals surface area contributed by atoms with Crippen molar-refractivity contribution < 1.29 is 14.3 Å². The van der Waals surface area contributed by atoms with Gasteiger partial charge >= 0.3 is 5.97 Å². The molecule has 0 radical (unpaired) electrons. The maximum atomic E-state index is 11.8. The first-order chi connectivity index (χ1) is 9.97. The van der Waals surface area contributed by atoms with Crippen molar-refractivity contribution in [2.24, 2.45) is 0 Å². The number of ether oxygens (including phenoxy) is 1. The van der Waals surface area contributed by atoms with E-state index in [4.69, 9.17) is 4.74 Å². The van der Waals surface area contributed by atoms with E-state index in [1.165, 1.54) is 11.3 Å². The Morgan fingerprint density at radius 2 is 2.05 bits per heavy atom. The zero-order valence-corrected chi connectivity index (χ0v) is 14.0. The van der Waals surface area contributed by atoms with E-state index in [1.54, 1.807) is 17.5 Å². The van der Waals surface area contributed by atoms with Gasteiger partial charge in [-0.3, -0.25) is 4.79 Å². The Hall–Kier alpha value is -1.66. The van der Waals surface area contributed by atoms with E-state index in [9.17, 15) is 9.59 Å². The van der Waals surface area contributed by atoms with Crippen LogP contribution in [-0.4, -0.2) is 18.5 Å². The minimum Gasteiger partial charge on any atom is -0.451 e. The zero-order chi connectivity index (χ0) is 15.4. The minimum absolute atomic E-state index is 0.300. The molecule has 0 aliphatic rings. The SMILES string of the molecule is Cc1cc(NC(=O)COC(=O)c2cccs2)c(C)cc1Br. The summed E-state index contributed by atoms with van der Waals surface area (Å²) in [6.45, 7) is 3.54. The van der Waals surface area contributed by atoms with Crippen LogP contribution in [0.15, 0.2) is 34.1 Å². The van der Waals surface area contributed by atoms with Crippen LogP contribution < -0.4 is 5.32 Å². The van der Waals surface area contributed by atoms with Gasteiger partial charge in [0.15, 0.2) is 6.61 Å². The van der Waals surface area contributed by atoms with Crippen LogP contribution in [0.25, 0.3) is 0 Å². The van der Waals surface area contributed by atoms with Gasteiger partial charge < -0.3 is 10.1 Å². The lowest BCUT2D eigenvalue weighted by Crippen LogP contribution is -2.21. The van der Waals surface area contributed by atoms with Gasteiger partial charge in [-0.1, -0.05) is 22.0 Å². The highest BCUT2D eigenvalue weighted by Gasteiger charge is 2.12. The Balaban J connectivity index is 1.93. The number of carbonyl (C=O) groups is 2. The van der Waals surface area contributed by atoms with Crippen molar-refractivity contribution in [2.45, 2.75) is 13.8 Å². The van der Waals surface area contributed by atoms with Crippen molar-refractivity contribution in [1.82, 2.24) is 0 Å². The van der Waals surface area contributed by atoms with E-state index in [0.717, 1.165) is 15.6 Å². The number of aryl methyl sites for hydroxylation is 2. The number of halogens is 1. The Kier molecular flexibility index (Phi) is 5.14. The van der Waals surface area contributed by atoms with Gasteiger partial charge in [0.1, 0.15) is 4.88 Å². The van der Waals surface area contributed by atoms with E-state index in [2.05, 4.69) is 21.2 Å². The molecule has 0 spiro atoms. The molecule has 0 fully saturated rings. The molecule has 0 unspecified atom stereocenters. The molecule has 0 saturated heterocycles. The third-order valence-electron chi connectivity index (χ3n) is 2.84. The fourth-order valence-electron chi connectivity index (χ4n) is 1.70. The summed E-state index contributed by atoms with van der Waals surface area (Å²) >= 11 is 4.72. The van der Waals surface area contributed by atoms with E-state index in [-0.39, 0.29) is 12.5 Å². The van der Waals surface area contributed by atoms with Gasteiger partial charge in [-0.2, -0.15) is 0 Å². The number of benzene rings is 1. The number of nitrogens with one attached hydrogen (secondary N) is 1. The van der Waals surface area contributed by atoms with Gasteiger partial charge in [0.25, 0.3) is 5.91 Å². The summed E-state index contributed by atoms with van der Waals surface area (Å²) < 4.78 is 5.95. The summed E-state index contributed by atoms with van der Waals surface area (Å²) in [4.78, 5) is 24.0. The van der Waals surface area contributed by atoms with Gasteiger partial charge in [-0.25, -0.2) is 4.79 Å². The first-order valence-electron chi connectivity index (χ1n) is 6.24. The van der Waals surface area contributed by atoms with Crippen LogP contribution >= 0.6 is 27.3 Å². The average Bonchev–Trinajstić information content (AvgIpc) is 2.96. The molecule has 0 aliphatic heterocycles. The molecule has 0 saturated carbocycles. The molecule has 0 atom stereocenters. The summed E-state index contributed by atoms with van der Waals surface area (Å²) in [5, 5.41) is 4.53. The number of amides is 1. The summed E-state index contributed by atoms with van der Waals surface area (Å²) in [6, 6.07) is 7.23. The molecule has 1 N–H and O–H groups in total. The summed E-state index contributed by atoms with van der Waals surface area (Å²) in [6.07, 6.45) is 0.